The Morgan fingerprint density at radius 2 is 1.51 bits per heavy atom. The maximum absolute atomic E-state index is 15.3. The zero-order chi connectivity index (χ0) is 46.7. The van der Waals surface area contributed by atoms with Crippen molar-refractivity contribution in [1.29, 1.82) is 0 Å². The van der Waals surface area contributed by atoms with Gasteiger partial charge in [-0.1, -0.05) is 48.5 Å². The lowest BCUT2D eigenvalue weighted by Gasteiger charge is -2.53. The Morgan fingerprint density at radius 3 is 2.15 bits per heavy atom. The molecule has 0 bridgehead atoms. The molecule has 1 heterocycles. The Bertz CT molecular complexity index is 2640. The molecular formula is C48H47NO16. The molecule has 340 valence electrons. The second-order valence-electron chi connectivity index (χ2n) is 16.3. The van der Waals surface area contributed by atoms with Crippen molar-refractivity contribution in [3.8, 4) is 17.2 Å². The van der Waals surface area contributed by atoms with Gasteiger partial charge in [0.05, 0.1) is 36.1 Å². The van der Waals surface area contributed by atoms with E-state index in [1.807, 2.05) is 30.3 Å². The predicted molar refractivity (Wildman–Crippen MR) is 226 cm³/mol. The number of allylic oxidation sites excluding steroid dienone is 2. The number of aromatic hydroxyl groups is 1. The maximum atomic E-state index is 15.3. The van der Waals surface area contributed by atoms with Crippen LogP contribution >= 0.6 is 0 Å². The van der Waals surface area contributed by atoms with Crippen molar-refractivity contribution in [3.63, 3.8) is 0 Å². The van der Waals surface area contributed by atoms with Gasteiger partial charge in [-0.05, 0) is 54.3 Å². The van der Waals surface area contributed by atoms with Crippen molar-refractivity contribution in [2.45, 2.75) is 81.4 Å². The SMILES string of the molecule is COC(=O)c1c(C)cc2c(c1OCc1ccc(OCc3ccccc3)cc1)[C@]1(O)C(=O)c3cc4c(c(O)c3C(=O)[C@]1(OC)[C@H](O)C2)C(=O)C=C(N[C@H]1O[C@@H](C)[C@H](OC)[C@@H](O)[C@H]1OC)C4=O. The number of rotatable bonds is 12. The average molecular weight is 894 g/mol. The van der Waals surface area contributed by atoms with Gasteiger partial charge in [-0.2, -0.15) is 0 Å². The smallest absolute Gasteiger partial charge is 0.341 e. The van der Waals surface area contributed by atoms with E-state index in [4.69, 9.17) is 33.2 Å². The van der Waals surface area contributed by atoms with E-state index in [0.717, 1.165) is 31.9 Å². The Hall–Kier alpha value is -6.31. The summed E-state index contributed by atoms with van der Waals surface area (Å²) in [4.78, 5) is 72.0. The van der Waals surface area contributed by atoms with Crippen LogP contribution in [0.3, 0.4) is 0 Å². The fourth-order valence-corrected chi connectivity index (χ4v) is 9.55. The van der Waals surface area contributed by atoms with Crippen molar-refractivity contribution in [2.75, 3.05) is 28.4 Å². The number of esters is 1. The van der Waals surface area contributed by atoms with E-state index >= 15 is 4.79 Å². The van der Waals surface area contributed by atoms with Gasteiger partial charge in [0.25, 0.3) is 0 Å². The monoisotopic (exact) mass is 893 g/mol. The fraction of sp³-hybridized carbons (Fsp3) is 0.354. The van der Waals surface area contributed by atoms with Crippen LogP contribution in [0.25, 0.3) is 0 Å². The van der Waals surface area contributed by atoms with E-state index in [1.54, 1.807) is 38.1 Å². The standard InChI is InChI=1S/C48H47NO16/c1-22-16-26-17-32(51)48(62-6)44(56)35-29(18-28-34(38(35)53)31(50)19-30(37(28)52)49-45-42(60-4)39(54)40(59-3)23(2)65-45)43(55)47(48,58)36(26)41(33(22)46(57)61-5)64-21-25-12-14-27(15-13-25)63-20-24-10-8-7-9-11-24/h7-16,18-19,23,32,39-40,42,45,49,51,53-54,58H,17,20-21H2,1-6H3/t23-,32+,39+,40-,42+,45-,47-,48+/m0/s1. The number of carbonyl (C=O) groups is 5. The molecule has 65 heavy (non-hydrogen) atoms. The van der Waals surface area contributed by atoms with Crippen LogP contribution in [-0.4, -0.2) is 120 Å². The van der Waals surface area contributed by atoms with Crippen molar-refractivity contribution in [2.24, 2.45) is 0 Å². The molecule has 8 atom stereocenters. The molecule has 1 aliphatic heterocycles. The Kier molecular flexibility index (Phi) is 12.0. The topological polar surface area (TPSA) is 243 Å². The second-order valence-corrected chi connectivity index (χ2v) is 16.3. The minimum atomic E-state index is -3.20. The third-order valence-corrected chi connectivity index (χ3v) is 12.7. The van der Waals surface area contributed by atoms with Crippen molar-refractivity contribution >= 4 is 29.1 Å². The molecular weight excluding hydrogens is 847 g/mol. The van der Waals surface area contributed by atoms with Crippen LogP contribution in [0.1, 0.15) is 86.5 Å². The Morgan fingerprint density at radius 1 is 0.846 bits per heavy atom. The highest BCUT2D eigenvalue weighted by Crippen LogP contribution is 2.57. The molecule has 0 saturated carbocycles. The molecule has 0 amide bonds. The van der Waals surface area contributed by atoms with Gasteiger partial charge >= 0.3 is 5.97 Å². The van der Waals surface area contributed by atoms with E-state index in [2.05, 4.69) is 5.32 Å². The summed E-state index contributed by atoms with van der Waals surface area (Å²) in [7, 11) is 4.79. The Labute approximate surface area is 372 Å². The molecule has 1 saturated heterocycles. The molecule has 0 spiro atoms. The lowest BCUT2D eigenvalue weighted by Crippen LogP contribution is -2.73. The number of aryl methyl sites for hydroxylation is 1. The predicted octanol–water partition coefficient (Wildman–Crippen LogP) is 3.20. The van der Waals surface area contributed by atoms with Gasteiger partial charge in [0.2, 0.25) is 17.3 Å². The number of aliphatic hydroxyl groups is 3. The average Bonchev–Trinajstić information content (AvgIpc) is 3.28. The van der Waals surface area contributed by atoms with Gasteiger partial charge in [0.15, 0.2) is 23.2 Å². The van der Waals surface area contributed by atoms with Crippen LogP contribution < -0.4 is 14.8 Å². The first kappa shape index (κ1) is 45.3. The van der Waals surface area contributed by atoms with Crippen molar-refractivity contribution < 1.29 is 77.6 Å². The number of fused-ring (bicyclic) bond motifs is 5. The summed E-state index contributed by atoms with van der Waals surface area (Å²) in [5, 5.41) is 50.6. The van der Waals surface area contributed by atoms with Crippen LogP contribution in [0.4, 0.5) is 0 Å². The van der Waals surface area contributed by atoms with Crippen LogP contribution in [0.5, 0.6) is 17.2 Å². The normalized spacial score (nSPS) is 26.9. The van der Waals surface area contributed by atoms with Gasteiger partial charge < -0.3 is 58.9 Å². The van der Waals surface area contributed by atoms with E-state index in [9.17, 15) is 39.6 Å². The number of ether oxygens (including phenoxy) is 7. The van der Waals surface area contributed by atoms with E-state index in [-0.39, 0.29) is 34.7 Å². The number of nitrogens with one attached hydrogen (secondary N) is 1. The molecule has 1 fully saturated rings. The number of ketones is 4. The molecule has 17 nitrogen and oxygen atoms in total. The summed E-state index contributed by atoms with van der Waals surface area (Å²) in [6.45, 7) is 3.26. The summed E-state index contributed by atoms with van der Waals surface area (Å²) in [5.74, 6) is -6.31. The number of hydrogen-bond acceptors (Lipinski definition) is 17. The number of methoxy groups -OCH3 is 4. The molecule has 4 aromatic carbocycles. The lowest BCUT2D eigenvalue weighted by molar-refractivity contribution is -0.236. The summed E-state index contributed by atoms with van der Waals surface area (Å²) in [6, 6.07) is 18.8. The molecule has 5 N–H and O–H groups in total. The fourth-order valence-electron chi connectivity index (χ4n) is 9.55. The molecule has 0 radical (unpaired) electrons. The summed E-state index contributed by atoms with van der Waals surface area (Å²) >= 11 is 0. The first-order valence-electron chi connectivity index (χ1n) is 20.6. The third kappa shape index (κ3) is 7.02. The molecule has 4 aromatic rings. The molecule has 0 aromatic heterocycles. The third-order valence-electron chi connectivity index (χ3n) is 12.7. The zero-order valence-corrected chi connectivity index (χ0v) is 36.2. The maximum Gasteiger partial charge on any atom is 0.341 e. The molecule has 0 unspecified atom stereocenters. The number of phenolic OH excluding ortho intramolecular Hbond substituents is 1. The second kappa shape index (κ2) is 17.2. The number of Topliss-reactive ketones (excluding diaryl/α,β-unsaturated/α-hetero) is 3. The molecule has 4 aliphatic rings. The highest BCUT2D eigenvalue weighted by atomic mass is 16.6. The number of hydrogen-bond donors (Lipinski definition) is 5. The quantitative estimate of drug-likeness (QED) is 0.128. The molecule has 17 heteroatoms. The van der Waals surface area contributed by atoms with Gasteiger partial charge in [-0.25, -0.2) is 4.79 Å². The summed E-state index contributed by atoms with van der Waals surface area (Å²) < 4.78 is 39.9. The van der Waals surface area contributed by atoms with Crippen LogP contribution in [0.2, 0.25) is 0 Å². The lowest BCUT2D eigenvalue weighted by atomic mass is 9.56. The van der Waals surface area contributed by atoms with E-state index in [0.29, 0.717) is 17.9 Å². The minimum absolute atomic E-state index is 0.109. The highest BCUT2D eigenvalue weighted by molar-refractivity contribution is 6.31. The minimum Gasteiger partial charge on any atom is -0.506 e. The molecule has 3 aliphatic carbocycles. The van der Waals surface area contributed by atoms with Gasteiger partial charge in [0, 0.05) is 50.5 Å². The van der Waals surface area contributed by atoms with Gasteiger partial charge in [-0.3, -0.25) is 19.2 Å². The zero-order valence-electron chi connectivity index (χ0n) is 36.2. The largest absolute Gasteiger partial charge is 0.506 e. The van der Waals surface area contributed by atoms with Gasteiger partial charge in [-0.15, -0.1) is 0 Å². The van der Waals surface area contributed by atoms with E-state index in [1.165, 1.54) is 20.3 Å². The first-order valence-corrected chi connectivity index (χ1v) is 20.6. The molecule has 8 rings (SSSR count). The van der Waals surface area contributed by atoms with Gasteiger partial charge in [0.1, 0.15) is 54.3 Å². The van der Waals surface area contributed by atoms with Crippen molar-refractivity contribution in [3.05, 3.63) is 134 Å². The number of carbonyl (C=O) groups excluding carboxylic acids is 5. The van der Waals surface area contributed by atoms with Crippen LogP contribution in [0, 0.1) is 6.92 Å². The van der Waals surface area contributed by atoms with Crippen LogP contribution in [-0.2, 0) is 48.9 Å². The highest BCUT2D eigenvalue weighted by Gasteiger charge is 2.73. The summed E-state index contributed by atoms with van der Waals surface area (Å²) in [6.07, 6.45) is -6.55. The van der Waals surface area contributed by atoms with Crippen molar-refractivity contribution in [1.82, 2.24) is 5.32 Å². The number of phenols is 1. The number of aliphatic hydroxyl groups excluding tert-OH is 2. The Balaban J connectivity index is 1.21. The van der Waals surface area contributed by atoms with E-state index < -0.39 is 117 Å². The number of benzene rings is 4. The van der Waals surface area contributed by atoms with Crippen LogP contribution in [0.15, 0.2) is 78.5 Å². The first-order chi connectivity index (χ1) is 31.1. The summed E-state index contributed by atoms with van der Waals surface area (Å²) in [5.41, 5.74) is -7.80.